The van der Waals surface area contributed by atoms with E-state index < -0.39 is 12.0 Å². The molecule has 0 amide bonds. The maximum atomic E-state index is 13.8. The summed E-state index contributed by atoms with van der Waals surface area (Å²) in [5, 5.41) is 9.66. The van der Waals surface area contributed by atoms with Gasteiger partial charge in [0.25, 0.3) is 0 Å². The van der Waals surface area contributed by atoms with Crippen LogP contribution in [0.3, 0.4) is 0 Å². The molecule has 1 aromatic carbocycles. The smallest absolute Gasteiger partial charge is 0.352 e. The molecular weight excluding hydrogens is 403 g/mol. The van der Waals surface area contributed by atoms with E-state index in [9.17, 15) is 19.1 Å². The van der Waals surface area contributed by atoms with Gasteiger partial charge in [0.15, 0.2) is 0 Å². The number of rotatable bonds is 6. The van der Waals surface area contributed by atoms with Gasteiger partial charge >= 0.3 is 11.7 Å². The van der Waals surface area contributed by atoms with E-state index in [2.05, 4.69) is 14.8 Å². The first-order chi connectivity index (χ1) is 14.9. The zero-order valence-corrected chi connectivity index (χ0v) is 17.3. The lowest BCUT2D eigenvalue weighted by Gasteiger charge is -2.40. The van der Waals surface area contributed by atoms with Crippen molar-refractivity contribution >= 4 is 11.8 Å². The quantitative estimate of drug-likeness (QED) is 0.748. The van der Waals surface area contributed by atoms with Crippen molar-refractivity contribution in [2.24, 2.45) is 5.92 Å². The van der Waals surface area contributed by atoms with Crippen molar-refractivity contribution in [3.8, 4) is 5.88 Å². The van der Waals surface area contributed by atoms with E-state index in [0.29, 0.717) is 37.3 Å². The van der Waals surface area contributed by atoms with Crippen molar-refractivity contribution in [1.82, 2.24) is 14.5 Å². The van der Waals surface area contributed by atoms with Crippen LogP contribution in [0.4, 0.5) is 10.2 Å². The maximum absolute atomic E-state index is 13.8. The number of carboxylic acid groups (broad SMARTS) is 1. The first kappa shape index (κ1) is 20.0. The normalized spacial score (nSPS) is 21.5. The topological polar surface area (TPSA) is 87.9 Å². The van der Waals surface area contributed by atoms with E-state index in [1.165, 1.54) is 6.07 Å². The van der Waals surface area contributed by atoms with Crippen molar-refractivity contribution in [2.45, 2.75) is 45.0 Å². The second kappa shape index (κ2) is 7.64. The highest BCUT2D eigenvalue weighted by molar-refractivity contribution is 5.74. The molecule has 1 aliphatic carbocycles. The lowest BCUT2D eigenvalue weighted by atomic mass is 10.1. The number of halogens is 1. The van der Waals surface area contributed by atoms with Gasteiger partial charge in [-0.25, -0.2) is 9.18 Å². The van der Waals surface area contributed by atoms with Gasteiger partial charge in [-0.2, -0.15) is 4.98 Å². The van der Waals surface area contributed by atoms with Crippen LogP contribution in [0.15, 0.2) is 29.1 Å². The number of benzene rings is 1. The molecule has 0 radical (unpaired) electrons. The highest BCUT2D eigenvalue weighted by Crippen LogP contribution is 2.37. The Hall–Kier alpha value is -2.94. The van der Waals surface area contributed by atoms with Crippen molar-refractivity contribution < 1.29 is 19.0 Å². The van der Waals surface area contributed by atoms with Crippen molar-refractivity contribution in [1.29, 1.82) is 0 Å². The Labute approximate surface area is 178 Å². The van der Waals surface area contributed by atoms with Gasteiger partial charge in [-0.05, 0) is 42.9 Å². The van der Waals surface area contributed by atoms with Crippen LogP contribution in [0, 0.1) is 18.7 Å². The number of aryl methyl sites for hydroxylation is 1. The minimum Gasteiger partial charge on any atom is -0.480 e. The molecule has 1 N–H and O–H groups in total. The van der Waals surface area contributed by atoms with Gasteiger partial charge in [-0.15, -0.1) is 0 Å². The molecule has 164 valence electrons. The first-order valence-corrected chi connectivity index (χ1v) is 10.6. The summed E-state index contributed by atoms with van der Waals surface area (Å²) >= 11 is 0. The molecule has 2 atom stereocenters. The summed E-state index contributed by atoms with van der Waals surface area (Å²) < 4.78 is 21.1. The van der Waals surface area contributed by atoms with Crippen LogP contribution >= 0.6 is 0 Å². The van der Waals surface area contributed by atoms with Gasteiger partial charge in [0, 0.05) is 25.7 Å². The van der Waals surface area contributed by atoms with E-state index in [0.717, 1.165) is 18.7 Å². The number of hydrogen-bond acceptors (Lipinski definition) is 6. The molecule has 2 unspecified atom stereocenters. The molecule has 5 rings (SSSR count). The summed E-state index contributed by atoms with van der Waals surface area (Å²) in [6, 6.07) is 6.24. The number of carbonyl (C=O) groups is 1. The van der Waals surface area contributed by atoms with Crippen LogP contribution in [0.2, 0.25) is 0 Å². The van der Waals surface area contributed by atoms with Crippen molar-refractivity contribution in [3.05, 3.63) is 51.7 Å². The van der Waals surface area contributed by atoms with Gasteiger partial charge in [-0.3, -0.25) is 14.3 Å². The predicted molar refractivity (Wildman–Crippen MR) is 111 cm³/mol. The third-order valence-corrected chi connectivity index (χ3v) is 6.51. The number of aromatic nitrogens is 2. The fourth-order valence-corrected chi connectivity index (χ4v) is 4.71. The van der Waals surface area contributed by atoms with Crippen LogP contribution < -0.4 is 15.3 Å². The van der Waals surface area contributed by atoms with Crippen LogP contribution in [-0.4, -0.2) is 57.2 Å². The summed E-state index contributed by atoms with van der Waals surface area (Å²) in [5.74, 6) is 0.141. The van der Waals surface area contributed by atoms with E-state index in [1.54, 1.807) is 29.7 Å². The number of hydrogen-bond donors (Lipinski definition) is 1. The highest BCUT2D eigenvalue weighted by atomic mass is 19.1. The van der Waals surface area contributed by atoms with E-state index in [1.807, 2.05) is 0 Å². The van der Waals surface area contributed by atoms with Crippen LogP contribution in [0.5, 0.6) is 5.88 Å². The van der Waals surface area contributed by atoms with Gasteiger partial charge < -0.3 is 14.7 Å². The lowest BCUT2D eigenvalue weighted by Crippen LogP contribution is -2.57. The van der Waals surface area contributed by atoms with Gasteiger partial charge in [-0.1, -0.05) is 12.1 Å². The van der Waals surface area contributed by atoms with Crippen molar-refractivity contribution in [2.75, 3.05) is 24.5 Å². The molecule has 3 aliphatic rings. The molecule has 2 fully saturated rings. The summed E-state index contributed by atoms with van der Waals surface area (Å²) in [5.41, 5.74) is 0.840. The number of ether oxygens (including phenoxy) is 1. The summed E-state index contributed by atoms with van der Waals surface area (Å²) in [4.78, 5) is 32.6. The SMILES string of the molecule is Cc1ccc(COc2cc3n(c(=O)n2)CC2CN(C(C(=O)O)C4CC4)CCN32)cc1F. The standard InChI is InChI=1S/C22H25FN4O4/c1-13-2-3-14(8-17(13)23)12-31-18-9-19-26-7-6-25(20(21(28)29)15-4-5-15)10-16(26)11-27(19)22(30)24-18/h2-3,8-9,15-16,20H,4-7,10-12H2,1H3,(H,28,29). The number of anilines is 1. The molecule has 9 heteroatoms. The molecule has 2 aliphatic heterocycles. The summed E-state index contributed by atoms with van der Waals surface area (Å²) in [6.07, 6.45) is 1.94. The number of carboxylic acids is 1. The Morgan fingerprint density at radius 1 is 1.29 bits per heavy atom. The summed E-state index contributed by atoms with van der Waals surface area (Å²) in [7, 11) is 0. The fourth-order valence-electron chi connectivity index (χ4n) is 4.71. The van der Waals surface area contributed by atoms with Crippen LogP contribution in [0.1, 0.15) is 24.0 Å². The van der Waals surface area contributed by atoms with E-state index in [-0.39, 0.29) is 36.0 Å². The third kappa shape index (κ3) is 3.78. The van der Waals surface area contributed by atoms with Crippen LogP contribution in [0.25, 0.3) is 0 Å². The average Bonchev–Trinajstić information content (AvgIpc) is 3.48. The number of piperazine rings is 1. The number of fused-ring (bicyclic) bond motifs is 3. The van der Waals surface area contributed by atoms with E-state index >= 15 is 0 Å². The zero-order chi connectivity index (χ0) is 21.7. The Bertz CT molecular complexity index is 1080. The zero-order valence-electron chi connectivity index (χ0n) is 17.3. The Morgan fingerprint density at radius 2 is 2.10 bits per heavy atom. The average molecular weight is 428 g/mol. The molecule has 1 saturated heterocycles. The molecule has 31 heavy (non-hydrogen) atoms. The third-order valence-electron chi connectivity index (χ3n) is 6.51. The predicted octanol–water partition coefficient (Wildman–Crippen LogP) is 1.64. The van der Waals surface area contributed by atoms with Gasteiger partial charge in [0.1, 0.15) is 24.3 Å². The molecule has 2 aromatic rings. The molecular formula is C22H25FN4O4. The maximum Gasteiger partial charge on any atom is 0.352 e. The first-order valence-electron chi connectivity index (χ1n) is 10.6. The molecule has 8 nitrogen and oxygen atoms in total. The lowest BCUT2D eigenvalue weighted by molar-refractivity contribution is -0.144. The Morgan fingerprint density at radius 3 is 2.81 bits per heavy atom. The molecule has 1 aromatic heterocycles. The minimum atomic E-state index is -0.756. The largest absolute Gasteiger partial charge is 0.480 e. The van der Waals surface area contributed by atoms with Gasteiger partial charge in [0.2, 0.25) is 5.88 Å². The van der Waals surface area contributed by atoms with E-state index in [4.69, 9.17) is 4.74 Å². The number of nitrogens with zero attached hydrogens (tertiary/aromatic N) is 4. The second-order valence-electron chi connectivity index (χ2n) is 8.68. The van der Waals surface area contributed by atoms with Crippen molar-refractivity contribution in [3.63, 3.8) is 0 Å². The molecule has 0 bridgehead atoms. The summed E-state index contributed by atoms with van der Waals surface area (Å²) in [6.45, 7) is 4.19. The monoisotopic (exact) mass is 428 g/mol. The molecule has 1 saturated carbocycles. The Kier molecular flexibility index (Phi) is 4.92. The second-order valence-corrected chi connectivity index (χ2v) is 8.68. The van der Waals surface area contributed by atoms with Gasteiger partial charge in [0.05, 0.1) is 12.6 Å². The number of aliphatic carboxylic acids is 1. The minimum absolute atomic E-state index is 0.0327. The fraction of sp³-hybridized carbons (Fsp3) is 0.500. The van der Waals surface area contributed by atoms with Crippen LogP contribution in [-0.2, 0) is 17.9 Å². The molecule has 0 spiro atoms. The highest BCUT2D eigenvalue weighted by Gasteiger charge is 2.44. The molecule has 3 heterocycles. The Balaban J connectivity index is 1.31.